The molecule has 2 aromatic carbocycles. The third-order valence-electron chi connectivity index (χ3n) is 6.85. The van der Waals surface area contributed by atoms with E-state index < -0.39 is 5.41 Å². The first kappa shape index (κ1) is 21.2. The van der Waals surface area contributed by atoms with Gasteiger partial charge in [-0.1, -0.05) is 24.3 Å². The molecule has 3 heterocycles. The van der Waals surface area contributed by atoms with Crippen molar-refractivity contribution < 1.29 is 23.1 Å². The normalized spacial score (nSPS) is 21.4. The summed E-state index contributed by atoms with van der Waals surface area (Å²) in [7, 11) is 0. The number of hydrogen-bond donors (Lipinski definition) is 0. The van der Waals surface area contributed by atoms with E-state index in [4.69, 9.17) is 13.9 Å². The van der Waals surface area contributed by atoms with Gasteiger partial charge < -0.3 is 18.8 Å². The maximum Gasteiger partial charge on any atom is 0.233 e. The van der Waals surface area contributed by atoms with Crippen LogP contribution in [0.25, 0.3) is 11.0 Å². The molecule has 1 atom stereocenters. The minimum Gasteiger partial charge on any atom is -0.464 e. The Kier molecular flexibility index (Phi) is 5.98. The number of ether oxygens (including phenoxy) is 2. The molecule has 1 unspecified atom stereocenters. The fraction of sp³-hybridized carbons (Fsp3) is 0.423. The number of hydrogen-bond acceptors (Lipinski definition) is 4. The van der Waals surface area contributed by atoms with Crippen LogP contribution in [-0.2, 0) is 26.1 Å². The Morgan fingerprint density at radius 2 is 1.91 bits per heavy atom. The third kappa shape index (κ3) is 4.05. The summed E-state index contributed by atoms with van der Waals surface area (Å²) in [4.78, 5) is 15.9. The molecule has 2 aliphatic rings. The summed E-state index contributed by atoms with van der Waals surface area (Å²) < 4.78 is 31.1. The van der Waals surface area contributed by atoms with Crippen molar-refractivity contribution in [1.29, 1.82) is 0 Å². The summed E-state index contributed by atoms with van der Waals surface area (Å²) in [5.74, 6) is -0.0822. The molecule has 0 bridgehead atoms. The number of carbonyl (C=O) groups is 1. The molecule has 0 saturated carbocycles. The van der Waals surface area contributed by atoms with Crippen LogP contribution in [-0.4, -0.2) is 50.3 Å². The number of halogens is 1. The van der Waals surface area contributed by atoms with Crippen LogP contribution in [0.1, 0.15) is 24.0 Å². The van der Waals surface area contributed by atoms with Crippen molar-refractivity contribution in [2.75, 3.05) is 39.5 Å². The van der Waals surface area contributed by atoms with Crippen LogP contribution in [0, 0.1) is 11.7 Å². The fourth-order valence-electron chi connectivity index (χ4n) is 5.17. The van der Waals surface area contributed by atoms with Crippen LogP contribution in [0.3, 0.4) is 0 Å². The molecule has 0 N–H and O–H groups in total. The second-order valence-corrected chi connectivity index (χ2v) is 8.85. The number of carbonyl (C=O) groups excluding carboxylic acids is 1. The van der Waals surface area contributed by atoms with E-state index in [1.165, 1.54) is 17.7 Å². The highest BCUT2D eigenvalue weighted by Crippen LogP contribution is 2.38. The lowest BCUT2D eigenvalue weighted by Gasteiger charge is -2.40. The van der Waals surface area contributed by atoms with Crippen molar-refractivity contribution in [3.63, 3.8) is 0 Å². The van der Waals surface area contributed by atoms with E-state index >= 15 is 0 Å². The molecule has 2 saturated heterocycles. The Bertz CT molecular complexity index is 1090. The van der Waals surface area contributed by atoms with E-state index in [9.17, 15) is 9.18 Å². The second kappa shape index (κ2) is 9.04. The van der Waals surface area contributed by atoms with E-state index in [0.29, 0.717) is 52.4 Å². The van der Waals surface area contributed by atoms with Crippen molar-refractivity contribution in [1.82, 2.24) is 4.90 Å². The standard InChI is InChI=1S/C26H28FNO4/c27-22-5-2-4-21(16-22)26(8-12-30-13-9-26)25(29)28-10-14-31-18-19(17-28)15-20-3-1-6-24-23(20)7-11-32-24/h1-7,11,16,19H,8-10,12-15,17-18H2. The molecule has 168 valence electrons. The summed E-state index contributed by atoms with van der Waals surface area (Å²) in [6, 6.07) is 14.6. The van der Waals surface area contributed by atoms with E-state index in [1.807, 2.05) is 29.2 Å². The number of amides is 1. The molecule has 0 radical (unpaired) electrons. The summed E-state index contributed by atoms with van der Waals surface area (Å²) >= 11 is 0. The SMILES string of the molecule is O=C(N1CCOCC(Cc2cccc3occc23)C1)C1(c2cccc(F)c2)CCOCC1. The molecule has 5 rings (SSSR count). The number of rotatable bonds is 4. The lowest BCUT2D eigenvalue weighted by Crippen LogP contribution is -2.51. The van der Waals surface area contributed by atoms with Crippen molar-refractivity contribution >= 4 is 16.9 Å². The van der Waals surface area contributed by atoms with Crippen molar-refractivity contribution in [3.05, 3.63) is 71.7 Å². The summed E-state index contributed by atoms with van der Waals surface area (Å²) in [6.07, 6.45) is 3.63. The Morgan fingerprint density at radius 3 is 2.75 bits per heavy atom. The molecule has 6 heteroatoms. The van der Waals surface area contributed by atoms with Crippen molar-refractivity contribution in [3.8, 4) is 0 Å². The number of furan rings is 1. The van der Waals surface area contributed by atoms with Crippen LogP contribution in [0.5, 0.6) is 0 Å². The molecule has 2 fully saturated rings. The Labute approximate surface area is 187 Å². The second-order valence-electron chi connectivity index (χ2n) is 8.85. The zero-order valence-corrected chi connectivity index (χ0v) is 18.1. The van der Waals surface area contributed by atoms with Crippen LogP contribution >= 0.6 is 0 Å². The van der Waals surface area contributed by atoms with Gasteiger partial charge in [0, 0.05) is 37.6 Å². The smallest absolute Gasteiger partial charge is 0.233 e. The summed E-state index contributed by atoms with van der Waals surface area (Å²) in [5.41, 5.74) is 2.07. The molecule has 2 aliphatic heterocycles. The summed E-state index contributed by atoms with van der Waals surface area (Å²) in [5, 5.41) is 1.11. The van der Waals surface area contributed by atoms with Gasteiger partial charge in [0.25, 0.3) is 0 Å². The van der Waals surface area contributed by atoms with Crippen LogP contribution in [0.15, 0.2) is 59.2 Å². The highest BCUT2D eigenvalue weighted by atomic mass is 19.1. The van der Waals surface area contributed by atoms with Gasteiger partial charge >= 0.3 is 0 Å². The third-order valence-corrected chi connectivity index (χ3v) is 6.85. The molecule has 32 heavy (non-hydrogen) atoms. The predicted octanol–water partition coefficient (Wildman–Crippen LogP) is 4.34. The van der Waals surface area contributed by atoms with Crippen molar-refractivity contribution in [2.45, 2.75) is 24.7 Å². The molecule has 0 spiro atoms. The quantitative estimate of drug-likeness (QED) is 0.609. The van der Waals surface area contributed by atoms with Crippen LogP contribution < -0.4 is 0 Å². The lowest BCUT2D eigenvalue weighted by molar-refractivity contribution is -0.141. The minimum atomic E-state index is -0.750. The summed E-state index contributed by atoms with van der Waals surface area (Å²) in [6.45, 7) is 3.27. The zero-order valence-electron chi connectivity index (χ0n) is 18.1. The topological polar surface area (TPSA) is 51.9 Å². The Balaban J connectivity index is 1.40. The maximum absolute atomic E-state index is 14.1. The van der Waals surface area contributed by atoms with E-state index in [-0.39, 0.29) is 17.6 Å². The first-order valence-corrected chi connectivity index (χ1v) is 11.3. The molecular weight excluding hydrogens is 409 g/mol. The van der Waals surface area contributed by atoms with E-state index in [0.717, 1.165) is 23.0 Å². The minimum absolute atomic E-state index is 0.0587. The van der Waals surface area contributed by atoms with Gasteiger partial charge in [-0.15, -0.1) is 0 Å². The van der Waals surface area contributed by atoms with Gasteiger partial charge in [-0.2, -0.15) is 0 Å². The van der Waals surface area contributed by atoms with E-state index in [1.54, 1.807) is 12.3 Å². The van der Waals surface area contributed by atoms with Crippen LogP contribution in [0.2, 0.25) is 0 Å². The van der Waals surface area contributed by atoms with Crippen molar-refractivity contribution in [2.24, 2.45) is 5.92 Å². The van der Waals surface area contributed by atoms with Gasteiger partial charge in [-0.3, -0.25) is 4.79 Å². The lowest BCUT2D eigenvalue weighted by atomic mass is 9.72. The van der Waals surface area contributed by atoms with Gasteiger partial charge in [0.05, 0.1) is 24.9 Å². The monoisotopic (exact) mass is 437 g/mol. The number of nitrogens with zero attached hydrogens (tertiary/aromatic N) is 1. The highest BCUT2D eigenvalue weighted by molar-refractivity contribution is 5.88. The molecule has 1 aromatic heterocycles. The molecule has 3 aromatic rings. The fourth-order valence-corrected chi connectivity index (χ4v) is 5.17. The number of fused-ring (bicyclic) bond motifs is 1. The van der Waals surface area contributed by atoms with E-state index in [2.05, 4.69) is 6.07 Å². The largest absolute Gasteiger partial charge is 0.464 e. The van der Waals surface area contributed by atoms with Gasteiger partial charge in [0.2, 0.25) is 5.91 Å². The predicted molar refractivity (Wildman–Crippen MR) is 119 cm³/mol. The van der Waals surface area contributed by atoms with Gasteiger partial charge in [-0.05, 0) is 54.7 Å². The van der Waals surface area contributed by atoms with Gasteiger partial charge in [-0.25, -0.2) is 4.39 Å². The maximum atomic E-state index is 14.1. The van der Waals surface area contributed by atoms with Crippen LogP contribution in [0.4, 0.5) is 4.39 Å². The van der Waals surface area contributed by atoms with Gasteiger partial charge in [0.1, 0.15) is 11.4 Å². The average Bonchev–Trinajstić information content (AvgIpc) is 3.19. The molecule has 0 aliphatic carbocycles. The molecule has 1 amide bonds. The number of benzene rings is 2. The Hall–Kier alpha value is -2.70. The Morgan fingerprint density at radius 1 is 1.06 bits per heavy atom. The molecule has 5 nitrogen and oxygen atoms in total. The molecular formula is C26H28FNO4. The highest BCUT2D eigenvalue weighted by Gasteiger charge is 2.44. The zero-order chi connectivity index (χ0) is 22.0. The first-order chi connectivity index (χ1) is 15.7. The van der Waals surface area contributed by atoms with Gasteiger partial charge in [0.15, 0.2) is 0 Å². The average molecular weight is 438 g/mol. The first-order valence-electron chi connectivity index (χ1n) is 11.3.